The zero-order valence-electron chi connectivity index (χ0n) is 13.5. The molecule has 122 valence electrons. The third kappa shape index (κ3) is 3.02. The van der Waals surface area contributed by atoms with Crippen molar-refractivity contribution in [3.8, 4) is 5.88 Å². The summed E-state index contributed by atoms with van der Waals surface area (Å²) in [5, 5.41) is 19.0. The lowest BCUT2D eigenvalue weighted by Crippen LogP contribution is -3.04. The lowest BCUT2D eigenvalue weighted by molar-refractivity contribution is -0.882. The van der Waals surface area contributed by atoms with E-state index in [-0.39, 0.29) is 17.3 Å². The van der Waals surface area contributed by atoms with E-state index in [0.717, 1.165) is 15.8 Å². The van der Waals surface area contributed by atoms with Gasteiger partial charge in [-0.3, -0.25) is 14.3 Å². The van der Waals surface area contributed by atoms with E-state index >= 15 is 0 Å². The predicted octanol–water partition coefficient (Wildman–Crippen LogP) is 1.77. The summed E-state index contributed by atoms with van der Waals surface area (Å²) < 4.78 is 1.75. The van der Waals surface area contributed by atoms with Crippen LogP contribution < -0.4 is 4.90 Å². The van der Waals surface area contributed by atoms with Crippen LogP contribution in [0.5, 0.6) is 5.88 Å². The molecule has 0 unspecified atom stereocenters. The maximum absolute atomic E-state index is 12.0. The van der Waals surface area contributed by atoms with Gasteiger partial charge in [0.25, 0.3) is 0 Å². The van der Waals surface area contributed by atoms with Crippen LogP contribution in [0.15, 0.2) is 58.9 Å². The Morgan fingerprint density at radius 1 is 1.21 bits per heavy atom. The lowest BCUT2D eigenvalue weighted by atomic mass is 10.2. The minimum atomic E-state index is -0.551. The third-order valence-electron chi connectivity index (χ3n) is 3.52. The van der Waals surface area contributed by atoms with Crippen molar-refractivity contribution in [1.82, 2.24) is 9.55 Å². The molecular formula is C17H18N5O2+. The summed E-state index contributed by atoms with van der Waals surface area (Å²) in [5.41, 5.74) is 1.34. The molecule has 2 aromatic heterocycles. The lowest BCUT2D eigenvalue weighted by Gasteiger charge is -2.10. The summed E-state index contributed by atoms with van der Waals surface area (Å²) in [4.78, 5) is 17.1. The molecule has 3 rings (SSSR count). The van der Waals surface area contributed by atoms with Gasteiger partial charge in [0.2, 0.25) is 5.88 Å². The molecule has 0 aliphatic carbocycles. The van der Waals surface area contributed by atoms with Gasteiger partial charge in [0.15, 0.2) is 12.4 Å². The molecule has 1 aromatic carbocycles. The number of nitrogens with one attached hydrogen (secondary N) is 1. The first-order valence-electron chi connectivity index (χ1n) is 7.54. The molecule has 24 heavy (non-hydrogen) atoms. The Morgan fingerprint density at radius 2 is 1.96 bits per heavy atom. The molecule has 0 bridgehead atoms. The van der Waals surface area contributed by atoms with Crippen LogP contribution in [0.2, 0.25) is 0 Å². The first-order valence-corrected chi connectivity index (χ1v) is 7.54. The summed E-state index contributed by atoms with van der Waals surface area (Å²) in [5.74, 6) is -0.556. The topological polar surface area (TPSA) is 84.3 Å². The van der Waals surface area contributed by atoms with Crippen molar-refractivity contribution < 1.29 is 14.8 Å². The zero-order chi connectivity index (χ0) is 17.1. The zero-order valence-corrected chi connectivity index (χ0v) is 13.5. The van der Waals surface area contributed by atoms with Crippen LogP contribution in [0.25, 0.3) is 10.9 Å². The summed E-state index contributed by atoms with van der Waals surface area (Å²) in [6.07, 6.45) is 1.52. The predicted molar refractivity (Wildman–Crippen MR) is 89.5 cm³/mol. The molecule has 0 fully saturated rings. The second-order valence-electron chi connectivity index (χ2n) is 5.70. The molecule has 2 N–H and O–H groups in total. The molecule has 0 radical (unpaired) electrons. The number of carbonyl (C=O) groups excluding carboxylic acids is 1. The van der Waals surface area contributed by atoms with E-state index < -0.39 is 5.91 Å². The number of amides is 1. The van der Waals surface area contributed by atoms with E-state index in [9.17, 15) is 9.90 Å². The highest BCUT2D eigenvalue weighted by atomic mass is 16.3. The highest BCUT2D eigenvalue weighted by molar-refractivity contribution is 5.96. The fourth-order valence-electron chi connectivity index (χ4n) is 2.48. The van der Waals surface area contributed by atoms with Crippen molar-refractivity contribution in [1.29, 1.82) is 0 Å². The molecular weight excluding hydrogens is 306 g/mol. The number of hydrogen-bond acceptors (Lipinski definition) is 4. The highest BCUT2D eigenvalue weighted by Crippen LogP contribution is 2.38. The number of carbonyl (C=O) groups is 1. The van der Waals surface area contributed by atoms with Gasteiger partial charge in [-0.15, -0.1) is 10.2 Å². The number of benzene rings is 1. The molecule has 7 nitrogen and oxygen atoms in total. The molecule has 0 aliphatic heterocycles. The SMILES string of the molecule is C[NH+](C)Cn1c(O)c(N=NC(=O)c2ccccn2)c2ccccc21. The van der Waals surface area contributed by atoms with Gasteiger partial charge in [-0.1, -0.05) is 24.3 Å². The van der Waals surface area contributed by atoms with Crippen LogP contribution in [-0.2, 0) is 6.67 Å². The number of nitrogens with zero attached hydrogens (tertiary/aromatic N) is 4. The third-order valence-corrected chi connectivity index (χ3v) is 3.52. The number of rotatable bonds is 4. The van der Waals surface area contributed by atoms with Gasteiger partial charge in [-0.2, -0.15) is 0 Å². The average molecular weight is 324 g/mol. The fourth-order valence-corrected chi connectivity index (χ4v) is 2.48. The Balaban J connectivity index is 2.02. The van der Waals surface area contributed by atoms with Gasteiger partial charge >= 0.3 is 5.91 Å². The number of quaternary nitrogens is 1. The van der Waals surface area contributed by atoms with E-state index in [1.807, 2.05) is 38.4 Å². The fraction of sp³-hybridized carbons (Fsp3) is 0.176. The number of azo groups is 1. The van der Waals surface area contributed by atoms with Crippen LogP contribution in [0.4, 0.5) is 5.69 Å². The van der Waals surface area contributed by atoms with Crippen molar-refractivity contribution in [3.05, 3.63) is 54.4 Å². The average Bonchev–Trinajstić information content (AvgIpc) is 2.85. The van der Waals surface area contributed by atoms with Gasteiger partial charge in [0.05, 0.1) is 19.6 Å². The molecule has 0 aliphatic rings. The minimum Gasteiger partial charge on any atom is -0.493 e. The second kappa shape index (κ2) is 6.59. The molecule has 0 spiro atoms. The Hall–Kier alpha value is -3.06. The molecule has 0 saturated heterocycles. The summed E-state index contributed by atoms with van der Waals surface area (Å²) >= 11 is 0. The van der Waals surface area contributed by atoms with Gasteiger partial charge in [0, 0.05) is 11.6 Å². The molecule has 0 saturated carbocycles. The van der Waals surface area contributed by atoms with Crippen LogP contribution in [0, 0.1) is 0 Å². The summed E-state index contributed by atoms with van der Waals surface area (Å²) in [6.45, 7) is 0.566. The number of aromatic hydroxyl groups is 1. The summed E-state index contributed by atoms with van der Waals surface area (Å²) in [7, 11) is 3.97. The van der Waals surface area contributed by atoms with Gasteiger partial charge in [-0.25, -0.2) is 0 Å². The van der Waals surface area contributed by atoms with Crippen LogP contribution in [-0.4, -0.2) is 34.7 Å². The quantitative estimate of drug-likeness (QED) is 0.717. The Bertz CT molecular complexity index is 900. The largest absolute Gasteiger partial charge is 0.493 e. The molecule has 7 heteroatoms. The van der Waals surface area contributed by atoms with Crippen LogP contribution in [0.1, 0.15) is 10.5 Å². The Kier molecular flexibility index (Phi) is 4.35. The first kappa shape index (κ1) is 15.8. The van der Waals surface area contributed by atoms with Crippen molar-refractivity contribution >= 4 is 22.5 Å². The van der Waals surface area contributed by atoms with E-state index in [2.05, 4.69) is 15.2 Å². The Labute approximate surface area is 138 Å². The van der Waals surface area contributed by atoms with Crippen molar-refractivity contribution in [2.75, 3.05) is 14.1 Å². The van der Waals surface area contributed by atoms with Crippen molar-refractivity contribution in [3.63, 3.8) is 0 Å². The number of para-hydroxylation sites is 1. The standard InChI is InChI=1S/C17H17N5O2/c1-21(2)11-22-14-9-4-3-7-12(14)15(17(22)24)19-20-16(23)13-8-5-6-10-18-13/h3-10,24H,11H2,1-2H3/p+1. The number of pyridine rings is 1. The molecule has 2 heterocycles. The number of fused-ring (bicyclic) bond motifs is 1. The van der Waals surface area contributed by atoms with Gasteiger partial charge in [0.1, 0.15) is 5.69 Å². The number of hydrogen-bond donors (Lipinski definition) is 2. The number of aromatic nitrogens is 2. The second-order valence-corrected chi connectivity index (χ2v) is 5.70. The van der Waals surface area contributed by atoms with Crippen LogP contribution in [0.3, 0.4) is 0 Å². The van der Waals surface area contributed by atoms with Crippen molar-refractivity contribution in [2.24, 2.45) is 10.2 Å². The minimum absolute atomic E-state index is 0.00466. The van der Waals surface area contributed by atoms with E-state index in [0.29, 0.717) is 6.67 Å². The van der Waals surface area contributed by atoms with Gasteiger partial charge < -0.3 is 10.0 Å². The molecule has 3 aromatic rings. The monoisotopic (exact) mass is 324 g/mol. The molecule has 0 atom stereocenters. The van der Waals surface area contributed by atoms with E-state index in [1.165, 1.54) is 6.20 Å². The summed E-state index contributed by atoms with van der Waals surface area (Å²) in [6, 6.07) is 12.5. The highest BCUT2D eigenvalue weighted by Gasteiger charge is 2.18. The Morgan fingerprint density at radius 3 is 2.67 bits per heavy atom. The van der Waals surface area contributed by atoms with Crippen molar-refractivity contribution in [2.45, 2.75) is 6.67 Å². The van der Waals surface area contributed by atoms with E-state index in [4.69, 9.17) is 0 Å². The molecule has 1 amide bonds. The van der Waals surface area contributed by atoms with Crippen LogP contribution >= 0.6 is 0 Å². The maximum atomic E-state index is 12.0. The van der Waals surface area contributed by atoms with E-state index in [1.54, 1.807) is 22.8 Å². The first-order chi connectivity index (χ1) is 11.6. The maximum Gasteiger partial charge on any atom is 0.313 e. The smallest absolute Gasteiger partial charge is 0.313 e. The normalized spacial score (nSPS) is 11.6. The van der Waals surface area contributed by atoms with Gasteiger partial charge in [-0.05, 0) is 18.2 Å².